The third-order valence-electron chi connectivity index (χ3n) is 2.57. The minimum absolute atomic E-state index is 0.383. The lowest BCUT2D eigenvalue weighted by Gasteiger charge is -2.13. The van der Waals surface area contributed by atoms with Crippen LogP contribution in [-0.2, 0) is 0 Å². The molecule has 0 aliphatic carbocycles. The molecule has 14 heavy (non-hydrogen) atoms. The van der Waals surface area contributed by atoms with E-state index in [4.69, 9.17) is 17.3 Å². The van der Waals surface area contributed by atoms with Gasteiger partial charge in [-0.15, -0.1) is 0 Å². The van der Waals surface area contributed by atoms with Crippen molar-refractivity contribution in [3.8, 4) is 0 Å². The van der Waals surface area contributed by atoms with Gasteiger partial charge in [-0.3, -0.25) is 0 Å². The minimum atomic E-state index is 0.383. The molecule has 1 unspecified atom stereocenters. The largest absolute Gasteiger partial charge is 0.330 e. The zero-order valence-corrected chi connectivity index (χ0v) is 9.81. The van der Waals surface area contributed by atoms with E-state index in [0.29, 0.717) is 18.4 Å². The van der Waals surface area contributed by atoms with Crippen molar-refractivity contribution in [2.75, 3.05) is 6.54 Å². The summed E-state index contributed by atoms with van der Waals surface area (Å²) in [5.41, 5.74) is 8.04. The molecule has 1 aromatic rings. The number of rotatable bonds is 3. The Kier molecular flexibility index (Phi) is 3.97. The molecule has 0 amide bonds. The van der Waals surface area contributed by atoms with Gasteiger partial charge in [-0.05, 0) is 35.6 Å². The van der Waals surface area contributed by atoms with Crippen LogP contribution in [0.25, 0.3) is 0 Å². The Morgan fingerprint density at radius 2 is 1.93 bits per heavy atom. The van der Waals surface area contributed by atoms with Gasteiger partial charge in [-0.25, -0.2) is 0 Å². The van der Waals surface area contributed by atoms with Crippen molar-refractivity contribution in [3.63, 3.8) is 0 Å². The van der Waals surface area contributed by atoms with Gasteiger partial charge in [-0.1, -0.05) is 44.5 Å². The summed E-state index contributed by atoms with van der Waals surface area (Å²) in [5.74, 6) is 0.860. The third-order valence-corrected chi connectivity index (χ3v) is 2.90. The van der Waals surface area contributed by atoms with Gasteiger partial charge in [0.15, 0.2) is 0 Å². The number of benzene rings is 1. The normalized spacial score (nSPS) is 13.3. The third kappa shape index (κ3) is 2.49. The maximum Gasteiger partial charge on any atom is 0.0443 e. The first kappa shape index (κ1) is 11.5. The van der Waals surface area contributed by atoms with E-state index in [1.807, 2.05) is 6.07 Å². The Labute approximate surface area is 91.3 Å². The van der Waals surface area contributed by atoms with E-state index in [0.717, 1.165) is 5.02 Å². The molecule has 0 aliphatic heterocycles. The van der Waals surface area contributed by atoms with Gasteiger partial charge in [0.05, 0.1) is 0 Å². The van der Waals surface area contributed by atoms with Crippen molar-refractivity contribution in [2.24, 2.45) is 5.73 Å². The van der Waals surface area contributed by atoms with Crippen molar-refractivity contribution < 1.29 is 0 Å². The Morgan fingerprint density at radius 1 is 1.29 bits per heavy atom. The highest BCUT2D eigenvalue weighted by Crippen LogP contribution is 2.27. The summed E-state index contributed by atoms with van der Waals surface area (Å²) in [6.07, 6.45) is 0. The predicted molar refractivity (Wildman–Crippen MR) is 63.0 cm³/mol. The molecule has 0 saturated carbocycles. The Balaban J connectivity index is 3.00. The van der Waals surface area contributed by atoms with Crippen LogP contribution >= 0.6 is 11.6 Å². The molecule has 0 radical (unpaired) electrons. The average Bonchev–Trinajstić information content (AvgIpc) is 2.15. The van der Waals surface area contributed by atoms with E-state index < -0.39 is 0 Å². The summed E-state index contributed by atoms with van der Waals surface area (Å²) in [7, 11) is 0. The highest BCUT2D eigenvalue weighted by Gasteiger charge is 2.08. The smallest absolute Gasteiger partial charge is 0.0443 e. The molecule has 0 fully saturated rings. The minimum Gasteiger partial charge on any atom is -0.330 e. The molecule has 0 bridgehead atoms. The van der Waals surface area contributed by atoms with E-state index >= 15 is 0 Å². The molecule has 1 atom stereocenters. The van der Waals surface area contributed by atoms with Crippen molar-refractivity contribution in [2.45, 2.75) is 32.6 Å². The van der Waals surface area contributed by atoms with E-state index in [9.17, 15) is 0 Å². The van der Waals surface area contributed by atoms with Crippen molar-refractivity contribution in [3.05, 3.63) is 34.3 Å². The van der Waals surface area contributed by atoms with Gasteiger partial charge in [0, 0.05) is 5.02 Å². The van der Waals surface area contributed by atoms with Gasteiger partial charge >= 0.3 is 0 Å². The molecule has 1 aromatic carbocycles. The maximum atomic E-state index is 6.18. The van der Waals surface area contributed by atoms with Crippen LogP contribution in [0.5, 0.6) is 0 Å². The van der Waals surface area contributed by atoms with Crippen LogP contribution in [0.15, 0.2) is 18.2 Å². The van der Waals surface area contributed by atoms with Crippen molar-refractivity contribution in [1.29, 1.82) is 0 Å². The molecular formula is C12H18ClN. The molecule has 0 spiro atoms. The first-order valence-corrected chi connectivity index (χ1v) is 5.43. The highest BCUT2D eigenvalue weighted by molar-refractivity contribution is 6.31. The highest BCUT2D eigenvalue weighted by atomic mass is 35.5. The summed E-state index contributed by atoms with van der Waals surface area (Å²) in [5, 5.41) is 0.859. The first-order chi connectivity index (χ1) is 6.56. The quantitative estimate of drug-likeness (QED) is 0.814. The topological polar surface area (TPSA) is 26.0 Å². The zero-order valence-electron chi connectivity index (χ0n) is 9.05. The van der Waals surface area contributed by atoms with Crippen LogP contribution < -0.4 is 5.73 Å². The van der Waals surface area contributed by atoms with E-state index in [-0.39, 0.29) is 0 Å². The number of hydrogen-bond acceptors (Lipinski definition) is 1. The van der Waals surface area contributed by atoms with Gasteiger partial charge in [-0.2, -0.15) is 0 Å². The van der Waals surface area contributed by atoms with Crippen LogP contribution in [-0.4, -0.2) is 6.54 Å². The first-order valence-electron chi connectivity index (χ1n) is 5.05. The van der Waals surface area contributed by atoms with E-state index in [1.54, 1.807) is 0 Å². The fourth-order valence-electron chi connectivity index (χ4n) is 1.45. The summed E-state index contributed by atoms with van der Waals surface area (Å²) < 4.78 is 0. The Bertz CT molecular complexity index is 307. The van der Waals surface area contributed by atoms with E-state index in [1.165, 1.54) is 11.1 Å². The number of nitrogens with two attached hydrogens (primary N) is 1. The van der Waals surface area contributed by atoms with Gasteiger partial charge in [0.2, 0.25) is 0 Å². The van der Waals surface area contributed by atoms with Crippen molar-refractivity contribution >= 4 is 11.6 Å². The van der Waals surface area contributed by atoms with Crippen LogP contribution in [0.1, 0.15) is 43.7 Å². The molecule has 2 N–H and O–H groups in total. The molecule has 1 rings (SSSR count). The molecule has 78 valence electrons. The standard InChI is InChI=1S/C12H18ClN/c1-8(2)11-5-4-10(6-12(11)13)9(3)7-14/h4-6,8-9H,7,14H2,1-3H3. The molecule has 2 heteroatoms. The predicted octanol–water partition coefficient (Wildman–Crippen LogP) is 3.53. The number of halogens is 1. The van der Waals surface area contributed by atoms with Gasteiger partial charge in [0.1, 0.15) is 0 Å². The molecule has 0 saturated heterocycles. The fraction of sp³-hybridized carbons (Fsp3) is 0.500. The maximum absolute atomic E-state index is 6.18. The lowest BCUT2D eigenvalue weighted by molar-refractivity contribution is 0.771. The Morgan fingerprint density at radius 3 is 2.36 bits per heavy atom. The molecule has 0 aromatic heterocycles. The fourth-order valence-corrected chi connectivity index (χ4v) is 1.86. The Hall–Kier alpha value is -0.530. The molecule has 1 nitrogen and oxygen atoms in total. The summed E-state index contributed by atoms with van der Waals surface area (Å²) >= 11 is 6.18. The van der Waals surface area contributed by atoms with Gasteiger partial charge < -0.3 is 5.73 Å². The van der Waals surface area contributed by atoms with Crippen LogP contribution in [0.4, 0.5) is 0 Å². The average molecular weight is 212 g/mol. The van der Waals surface area contributed by atoms with Gasteiger partial charge in [0.25, 0.3) is 0 Å². The van der Waals surface area contributed by atoms with Crippen molar-refractivity contribution in [1.82, 2.24) is 0 Å². The second-order valence-electron chi connectivity index (χ2n) is 4.07. The molecular weight excluding hydrogens is 194 g/mol. The van der Waals surface area contributed by atoms with Crippen LogP contribution in [0, 0.1) is 0 Å². The second-order valence-corrected chi connectivity index (χ2v) is 4.48. The lowest BCUT2D eigenvalue weighted by Crippen LogP contribution is -2.09. The monoisotopic (exact) mass is 211 g/mol. The molecule has 0 aliphatic rings. The lowest BCUT2D eigenvalue weighted by atomic mass is 9.96. The van der Waals surface area contributed by atoms with Crippen LogP contribution in [0.3, 0.4) is 0 Å². The molecule has 0 heterocycles. The SMILES string of the molecule is CC(C)c1ccc(C(C)CN)cc1Cl. The number of hydrogen-bond donors (Lipinski definition) is 1. The second kappa shape index (κ2) is 4.81. The zero-order chi connectivity index (χ0) is 10.7. The van der Waals surface area contributed by atoms with Crippen LogP contribution in [0.2, 0.25) is 5.02 Å². The summed E-state index contributed by atoms with van der Waals surface area (Å²) in [6, 6.07) is 6.27. The summed E-state index contributed by atoms with van der Waals surface area (Å²) in [6.45, 7) is 7.07. The summed E-state index contributed by atoms with van der Waals surface area (Å²) in [4.78, 5) is 0. The van der Waals surface area contributed by atoms with E-state index in [2.05, 4.69) is 32.9 Å².